The minimum Gasteiger partial charge on any atom is -0.329 e. The number of hydrogen-bond donors (Lipinski definition) is 2. The largest absolute Gasteiger partial charge is 0.329 e. The molecule has 20 heavy (non-hydrogen) atoms. The highest BCUT2D eigenvalue weighted by atomic mass is 32.2. The quantitative estimate of drug-likeness (QED) is 0.843. The summed E-state index contributed by atoms with van der Waals surface area (Å²) in [5, 5.41) is 4.21. The van der Waals surface area contributed by atoms with E-state index in [4.69, 9.17) is 5.73 Å². The Kier molecular flexibility index (Phi) is 4.05. The van der Waals surface area contributed by atoms with E-state index in [2.05, 4.69) is 14.8 Å². The van der Waals surface area contributed by atoms with Gasteiger partial charge in [-0.15, -0.1) is 0 Å². The van der Waals surface area contributed by atoms with Gasteiger partial charge < -0.3 is 5.73 Å². The third-order valence-electron chi connectivity index (χ3n) is 2.84. The first-order chi connectivity index (χ1) is 9.45. The zero-order chi connectivity index (χ0) is 14.8. The van der Waals surface area contributed by atoms with Gasteiger partial charge in [0, 0.05) is 12.7 Å². The summed E-state index contributed by atoms with van der Waals surface area (Å²) in [5.74, 6) is 0. The van der Waals surface area contributed by atoms with Gasteiger partial charge in [0.05, 0.1) is 29.8 Å². The normalized spacial score (nSPS) is 11.6. The molecule has 0 bridgehead atoms. The van der Waals surface area contributed by atoms with Crippen molar-refractivity contribution in [1.82, 2.24) is 14.8 Å². The van der Waals surface area contributed by atoms with E-state index in [-0.39, 0.29) is 4.90 Å². The summed E-state index contributed by atoms with van der Waals surface area (Å²) < 4.78 is 29.0. The van der Waals surface area contributed by atoms with Crippen LogP contribution in [-0.2, 0) is 16.6 Å². The van der Waals surface area contributed by atoms with Crippen molar-refractivity contribution in [2.75, 3.05) is 11.3 Å². The van der Waals surface area contributed by atoms with Gasteiger partial charge in [0.25, 0.3) is 10.0 Å². The molecule has 0 saturated heterocycles. The van der Waals surface area contributed by atoms with Crippen molar-refractivity contribution < 1.29 is 8.42 Å². The molecule has 0 atom stereocenters. The van der Waals surface area contributed by atoms with Crippen LogP contribution >= 0.6 is 0 Å². The van der Waals surface area contributed by atoms with Crippen LogP contribution in [0.25, 0.3) is 0 Å². The van der Waals surface area contributed by atoms with E-state index in [0.29, 0.717) is 30.2 Å². The Hall–Kier alpha value is -1.93. The maximum atomic E-state index is 12.4. The molecule has 0 aromatic carbocycles. The van der Waals surface area contributed by atoms with Crippen molar-refractivity contribution in [3.05, 3.63) is 35.9 Å². The number of rotatable bonds is 5. The summed E-state index contributed by atoms with van der Waals surface area (Å²) in [6.07, 6.45) is 3.03. The van der Waals surface area contributed by atoms with Gasteiger partial charge in [-0.1, -0.05) is 0 Å². The first kappa shape index (κ1) is 14.5. The number of sulfonamides is 1. The van der Waals surface area contributed by atoms with Crippen molar-refractivity contribution in [2.45, 2.75) is 25.3 Å². The SMILES string of the molecule is Cc1nn(CCN)c(C)c1S(=O)(=O)Nc1cccnc1. The molecule has 0 aliphatic carbocycles. The number of nitrogens with one attached hydrogen (secondary N) is 1. The highest BCUT2D eigenvalue weighted by molar-refractivity contribution is 7.92. The molecule has 7 nitrogen and oxygen atoms in total. The van der Waals surface area contributed by atoms with Gasteiger partial charge in [0.2, 0.25) is 0 Å². The molecule has 0 aliphatic rings. The van der Waals surface area contributed by atoms with Crippen molar-refractivity contribution in [1.29, 1.82) is 0 Å². The van der Waals surface area contributed by atoms with Gasteiger partial charge in [-0.05, 0) is 26.0 Å². The third-order valence-corrected chi connectivity index (χ3v) is 4.47. The van der Waals surface area contributed by atoms with Crippen LogP contribution in [0.3, 0.4) is 0 Å². The first-order valence-electron chi connectivity index (χ1n) is 6.12. The maximum Gasteiger partial charge on any atom is 0.265 e. The lowest BCUT2D eigenvalue weighted by atomic mass is 10.4. The second-order valence-electron chi connectivity index (χ2n) is 4.36. The van der Waals surface area contributed by atoms with Gasteiger partial charge in [-0.3, -0.25) is 14.4 Å². The average molecular weight is 295 g/mol. The van der Waals surface area contributed by atoms with E-state index in [1.807, 2.05) is 0 Å². The maximum absolute atomic E-state index is 12.4. The molecule has 2 aromatic heterocycles. The van der Waals surface area contributed by atoms with Gasteiger partial charge in [0.1, 0.15) is 4.90 Å². The second-order valence-corrected chi connectivity index (χ2v) is 5.98. The van der Waals surface area contributed by atoms with Crippen LogP contribution in [0.1, 0.15) is 11.4 Å². The summed E-state index contributed by atoms with van der Waals surface area (Å²) in [6, 6.07) is 3.30. The number of anilines is 1. The Morgan fingerprint density at radius 3 is 2.75 bits per heavy atom. The number of hydrogen-bond acceptors (Lipinski definition) is 5. The van der Waals surface area contributed by atoms with Gasteiger partial charge in [-0.25, -0.2) is 8.42 Å². The lowest BCUT2D eigenvalue weighted by Gasteiger charge is -2.08. The van der Waals surface area contributed by atoms with Crippen molar-refractivity contribution >= 4 is 15.7 Å². The fourth-order valence-electron chi connectivity index (χ4n) is 2.04. The Balaban J connectivity index is 2.40. The summed E-state index contributed by atoms with van der Waals surface area (Å²) in [4.78, 5) is 4.07. The average Bonchev–Trinajstić information content (AvgIpc) is 2.66. The number of aromatic nitrogens is 3. The lowest BCUT2D eigenvalue weighted by Crippen LogP contribution is -2.16. The summed E-state index contributed by atoms with van der Waals surface area (Å²) in [7, 11) is -3.69. The van der Waals surface area contributed by atoms with Crippen molar-refractivity contribution in [2.24, 2.45) is 5.73 Å². The van der Waals surface area contributed by atoms with E-state index in [9.17, 15) is 8.42 Å². The fraction of sp³-hybridized carbons (Fsp3) is 0.333. The Bertz CT molecular complexity index is 694. The van der Waals surface area contributed by atoms with Crippen LogP contribution < -0.4 is 10.5 Å². The third kappa shape index (κ3) is 2.81. The molecular weight excluding hydrogens is 278 g/mol. The van der Waals surface area contributed by atoms with Crippen LogP contribution in [0.15, 0.2) is 29.4 Å². The molecular formula is C12H17N5O2S. The Morgan fingerprint density at radius 1 is 1.40 bits per heavy atom. The standard InChI is InChI=1S/C12H17N5O2S/c1-9-12(10(2)17(15-9)7-5-13)20(18,19)16-11-4-3-6-14-8-11/h3-4,6,8,16H,5,7,13H2,1-2H3. The van der Waals surface area contributed by atoms with E-state index < -0.39 is 10.0 Å². The lowest BCUT2D eigenvalue weighted by molar-refractivity contribution is 0.593. The molecule has 0 unspecified atom stereocenters. The molecule has 3 N–H and O–H groups in total. The number of aryl methyl sites for hydroxylation is 1. The first-order valence-corrected chi connectivity index (χ1v) is 7.61. The predicted molar refractivity (Wildman–Crippen MR) is 75.8 cm³/mol. The number of nitrogens with zero attached hydrogens (tertiary/aromatic N) is 3. The number of pyridine rings is 1. The molecule has 108 valence electrons. The summed E-state index contributed by atoms with van der Waals surface area (Å²) in [5.41, 5.74) is 6.93. The van der Waals surface area contributed by atoms with Crippen LogP contribution in [0.5, 0.6) is 0 Å². The molecule has 0 radical (unpaired) electrons. The zero-order valence-electron chi connectivity index (χ0n) is 11.4. The van der Waals surface area contributed by atoms with Crippen LogP contribution in [0.2, 0.25) is 0 Å². The molecule has 2 heterocycles. The number of nitrogens with two attached hydrogens (primary N) is 1. The highest BCUT2D eigenvalue weighted by Gasteiger charge is 2.24. The summed E-state index contributed by atoms with van der Waals surface area (Å²) >= 11 is 0. The van der Waals surface area contributed by atoms with Crippen LogP contribution in [0.4, 0.5) is 5.69 Å². The van der Waals surface area contributed by atoms with Crippen LogP contribution in [-0.4, -0.2) is 29.7 Å². The van der Waals surface area contributed by atoms with E-state index >= 15 is 0 Å². The molecule has 0 fully saturated rings. The molecule has 8 heteroatoms. The van der Waals surface area contributed by atoms with Crippen molar-refractivity contribution in [3.8, 4) is 0 Å². The second kappa shape index (κ2) is 5.59. The van der Waals surface area contributed by atoms with Gasteiger partial charge in [0.15, 0.2) is 0 Å². The van der Waals surface area contributed by atoms with E-state index in [1.165, 1.54) is 6.20 Å². The van der Waals surface area contributed by atoms with Gasteiger partial charge >= 0.3 is 0 Å². The highest BCUT2D eigenvalue weighted by Crippen LogP contribution is 2.22. The fourth-order valence-corrected chi connectivity index (χ4v) is 3.50. The minimum atomic E-state index is -3.69. The van der Waals surface area contributed by atoms with E-state index in [0.717, 1.165) is 0 Å². The van der Waals surface area contributed by atoms with Crippen LogP contribution in [0, 0.1) is 13.8 Å². The van der Waals surface area contributed by atoms with Gasteiger partial charge in [-0.2, -0.15) is 5.10 Å². The Morgan fingerprint density at radius 2 is 2.15 bits per heavy atom. The molecule has 0 saturated carbocycles. The van der Waals surface area contributed by atoms with Crippen molar-refractivity contribution in [3.63, 3.8) is 0 Å². The zero-order valence-corrected chi connectivity index (χ0v) is 12.2. The molecule has 0 amide bonds. The molecule has 2 rings (SSSR count). The Labute approximate surface area is 117 Å². The topological polar surface area (TPSA) is 103 Å². The summed E-state index contributed by atoms with van der Waals surface area (Å²) in [6.45, 7) is 4.26. The smallest absolute Gasteiger partial charge is 0.265 e. The molecule has 0 aliphatic heterocycles. The van der Waals surface area contributed by atoms with E-state index in [1.54, 1.807) is 36.9 Å². The molecule has 2 aromatic rings. The minimum absolute atomic E-state index is 0.190. The predicted octanol–water partition coefficient (Wildman–Crippen LogP) is 0.654. The molecule has 0 spiro atoms. The monoisotopic (exact) mass is 295 g/mol.